The summed E-state index contributed by atoms with van der Waals surface area (Å²) < 4.78 is 40.9. The number of alkyl halides is 3. The third kappa shape index (κ3) is 6.59. The lowest BCUT2D eigenvalue weighted by atomic mass is 9.89. The van der Waals surface area contributed by atoms with Gasteiger partial charge in [-0.1, -0.05) is 6.92 Å². The average molecular weight is 471 g/mol. The van der Waals surface area contributed by atoms with Gasteiger partial charge in [0.2, 0.25) is 5.91 Å². The minimum atomic E-state index is -4.90. The molecule has 1 amide bonds. The maximum absolute atomic E-state index is 13.2. The van der Waals surface area contributed by atoms with E-state index < -0.39 is 36.0 Å². The average Bonchev–Trinajstić information content (AvgIpc) is 2.72. The molecule has 0 heterocycles. The number of hydrogen-bond acceptors (Lipinski definition) is 7. The fraction of sp³-hybridized carbons (Fsp3) is 0.364. The summed E-state index contributed by atoms with van der Waals surface area (Å²) in [6.45, 7) is 0.785. The summed E-state index contributed by atoms with van der Waals surface area (Å²) in [5.41, 5.74) is -0.0877. The first kappa shape index (κ1) is 25.9. The number of ketones is 1. The molecular formula is C22H24F3NO7. The molecule has 0 bridgehead atoms. The van der Waals surface area contributed by atoms with Crippen molar-refractivity contribution < 1.29 is 47.9 Å². The van der Waals surface area contributed by atoms with E-state index in [-0.39, 0.29) is 60.7 Å². The van der Waals surface area contributed by atoms with Crippen LogP contribution in [-0.2, 0) is 17.6 Å². The van der Waals surface area contributed by atoms with Crippen molar-refractivity contribution in [1.82, 2.24) is 4.90 Å². The van der Waals surface area contributed by atoms with Gasteiger partial charge in [-0.3, -0.25) is 9.59 Å². The van der Waals surface area contributed by atoms with Gasteiger partial charge in [0, 0.05) is 24.7 Å². The molecule has 2 aromatic carbocycles. The Morgan fingerprint density at radius 2 is 1.55 bits per heavy atom. The monoisotopic (exact) mass is 471 g/mol. The molecule has 8 nitrogen and oxygen atoms in total. The second-order valence-electron chi connectivity index (χ2n) is 7.01. The highest BCUT2D eigenvalue weighted by atomic mass is 19.4. The number of amides is 1. The Labute approximate surface area is 187 Å². The number of nitrogens with zero attached hydrogens (tertiary/aromatic N) is 1. The number of aliphatic hydroxyl groups excluding tert-OH is 2. The van der Waals surface area contributed by atoms with Crippen LogP contribution in [0.4, 0.5) is 13.2 Å². The summed E-state index contributed by atoms with van der Waals surface area (Å²) >= 11 is 0. The first-order valence-corrected chi connectivity index (χ1v) is 9.99. The molecular weight excluding hydrogens is 447 g/mol. The first-order chi connectivity index (χ1) is 15.5. The molecule has 11 heteroatoms. The molecule has 0 spiro atoms. The number of phenolic OH excluding ortho intramolecular Hbond substituents is 2. The quantitative estimate of drug-likeness (QED) is 0.391. The van der Waals surface area contributed by atoms with E-state index in [1.807, 2.05) is 0 Å². The Morgan fingerprint density at radius 3 is 2.03 bits per heavy atom. The van der Waals surface area contributed by atoms with Crippen molar-refractivity contribution >= 4 is 11.7 Å². The molecule has 33 heavy (non-hydrogen) atoms. The Hall–Kier alpha value is -3.31. The predicted octanol–water partition coefficient (Wildman–Crippen LogP) is 2.15. The fourth-order valence-corrected chi connectivity index (χ4v) is 3.41. The Morgan fingerprint density at radius 1 is 0.970 bits per heavy atom. The molecule has 0 radical (unpaired) electrons. The van der Waals surface area contributed by atoms with E-state index in [1.54, 1.807) is 6.92 Å². The van der Waals surface area contributed by atoms with E-state index in [0.717, 1.165) is 35.2 Å². The van der Waals surface area contributed by atoms with Crippen molar-refractivity contribution in [3.63, 3.8) is 0 Å². The molecule has 0 aliphatic rings. The largest absolute Gasteiger partial charge is 0.573 e. The number of carbonyl (C=O) groups excluding carboxylic acids is 2. The maximum Gasteiger partial charge on any atom is 0.573 e. The highest BCUT2D eigenvalue weighted by molar-refractivity contribution is 6.12. The summed E-state index contributed by atoms with van der Waals surface area (Å²) in [5, 5.41) is 39.0. The van der Waals surface area contributed by atoms with Gasteiger partial charge in [-0.25, -0.2) is 0 Å². The van der Waals surface area contributed by atoms with Gasteiger partial charge in [0.1, 0.15) is 17.2 Å². The van der Waals surface area contributed by atoms with Gasteiger partial charge < -0.3 is 30.1 Å². The molecule has 4 N–H and O–H groups in total. The summed E-state index contributed by atoms with van der Waals surface area (Å²) in [5.74, 6) is -2.83. The van der Waals surface area contributed by atoms with Gasteiger partial charge in [-0.2, -0.15) is 0 Å². The van der Waals surface area contributed by atoms with Crippen molar-refractivity contribution in [1.29, 1.82) is 0 Å². The molecule has 0 unspecified atom stereocenters. The second-order valence-corrected chi connectivity index (χ2v) is 7.01. The lowest BCUT2D eigenvalue weighted by Crippen LogP contribution is -2.37. The van der Waals surface area contributed by atoms with Gasteiger partial charge in [0.15, 0.2) is 5.78 Å². The summed E-state index contributed by atoms with van der Waals surface area (Å²) in [4.78, 5) is 27.1. The van der Waals surface area contributed by atoms with Crippen molar-refractivity contribution in [3.8, 4) is 17.2 Å². The van der Waals surface area contributed by atoms with Gasteiger partial charge in [-0.15, -0.1) is 13.2 Å². The second kappa shape index (κ2) is 11.0. The molecule has 0 fully saturated rings. The predicted molar refractivity (Wildman–Crippen MR) is 110 cm³/mol. The Bertz CT molecular complexity index is 985. The minimum absolute atomic E-state index is 0.0431. The van der Waals surface area contributed by atoms with Crippen molar-refractivity contribution in [2.45, 2.75) is 26.1 Å². The van der Waals surface area contributed by atoms with E-state index in [4.69, 9.17) is 10.2 Å². The van der Waals surface area contributed by atoms with Crippen molar-refractivity contribution in [2.75, 3.05) is 26.3 Å². The van der Waals surface area contributed by atoms with Gasteiger partial charge in [0.25, 0.3) is 0 Å². The molecule has 2 aromatic rings. The summed E-state index contributed by atoms with van der Waals surface area (Å²) in [6.07, 6.45) is -5.13. The van der Waals surface area contributed by atoms with Crippen LogP contribution in [0.5, 0.6) is 17.2 Å². The molecule has 0 saturated carbocycles. The minimum Gasteiger partial charge on any atom is -0.508 e. The van der Waals surface area contributed by atoms with Crippen molar-refractivity contribution in [3.05, 3.63) is 52.6 Å². The SMILES string of the molecule is CCc1c(O)cc(O)c(C(=O)c2ccc(OC(F)(F)F)cc2)c1CC(=O)N(CCO)CCO. The summed E-state index contributed by atoms with van der Waals surface area (Å²) in [7, 11) is 0. The third-order valence-corrected chi connectivity index (χ3v) is 4.86. The van der Waals surface area contributed by atoms with Crippen LogP contribution in [0.15, 0.2) is 30.3 Å². The molecule has 2 rings (SSSR count). The zero-order chi connectivity index (χ0) is 24.8. The molecule has 0 aliphatic carbocycles. The number of hydrogen-bond donors (Lipinski definition) is 4. The van der Waals surface area contributed by atoms with Crippen LogP contribution in [0.1, 0.15) is 34.0 Å². The summed E-state index contributed by atoms with van der Waals surface area (Å²) in [6, 6.07) is 5.00. The lowest BCUT2D eigenvalue weighted by molar-refractivity contribution is -0.274. The Kier molecular flexibility index (Phi) is 8.66. The number of rotatable bonds is 10. The molecule has 180 valence electrons. The number of aliphatic hydroxyl groups is 2. The molecule has 0 atom stereocenters. The van der Waals surface area contributed by atoms with E-state index in [2.05, 4.69) is 4.74 Å². The van der Waals surface area contributed by atoms with Crippen LogP contribution >= 0.6 is 0 Å². The molecule has 0 aromatic heterocycles. The lowest BCUT2D eigenvalue weighted by Gasteiger charge is -2.23. The molecule has 0 aliphatic heterocycles. The third-order valence-electron chi connectivity index (χ3n) is 4.86. The van der Waals surface area contributed by atoms with E-state index in [0.29, 0.717) is 0 Å². The van der Waals surface area contributed by atoms with E-state index in [9.17, 15) is 33.0 Å². The number of carbonyl (C=O) groups is 2. The number of aromatic hydroxyl groups is 2. The number of ether oxygens (including phenoxy) is 1. The Balaban J connectivity index is 2.49. The van der Waals surface area contributed by atoms with Crippen LogP contribution < -0.4 is 4.74 Å². The van der Waals surface area contributed by atoms with Crippen LogP contribution in [0, 0.1) is 0 Å². The van der Waals surface area contributed by atoms with Gasteiger partial charge >= 0.3 is 6.36 Å². The highest BCUT2D eigenvalue weighted by Gasteiger charge is 2.31. The van der Waals surface area contributed by atoms with Gasteiger partial charge in [-0.05, 0) is 41.8 Å². The van der Waals surface area contributed by atoms with Crippen LogP contribution in [0.3, 0.4) is 0 Å². The normalized spacial score (nSPS) is 11.3. The van der Waals surface area contributed by atoms with E-state index in [1.165, 1.54) is 0 Å². The topological polar surface area (TPSA) is 128 Å². The molecule has 0 saturated heterocycles. The standard InChI is InChI=1S/C22H24F3NO7/c1-2-15-16(11-19(31)26(7-9-27)8-10-28)20(18(30)12-17(15)29)21(32)13-3-5-14(6-4-13)33-22(23,24)25/h3-6,12,27-30H,2,7-11H2,1H3. The van der Waals surface area contributed by atoms with E-state index >= 15 is 0 Å². The highest BCUT2D eigenvalue weighted by Crippen LogP contribution is 2.35. The van der Waals surface area contributed by atoms with Crippen LogP contribution in [0.25, 0.3) is 0 Å². The van der Waals surface area contributed by atoms with Gasteiger partial charge in [0.05, 0.1) is 25.2 Å². The van der Waals surface area contributed by atoms with Crippen molar-refractivity contribution in [2.24, 2.45) is 0 Å². The number of benzene rings is 2. The zero-order valence-electron chi connectivity index (χ0n) is 17.7. The smallest absolute Gasteiger partial charge is 0.508 e. The van der Waals surface area contributed by atoms with Crippen LogP contribution in [-0.4, -0.2) is 69.7 Å². The fourth-order valence-electron chi connectivity index (χ4n) is 3.41. The zero-order valence-corrected chi connectivity index (χ0v) is 17.7. The first-order valence-electron chi connectivity index (χ1n) is 9.99. The number of phenols is 2. The maximum atomic E-state index is 13.2. The number of halogens is 3. The van der Waals surface area contributed by atoms with Crippen LogP contribution in [0.2, 0.25) is 0 Å².